The lowest BCUT2D eigenvalue weighted by molar-refractivity contribution is -0.391. The molecule has 14 N–H and O–H groups in total. The second-order valence-electron chi connectivity index (χ2n) is 22.7. The Hall–Kier alpha value is -1.40. The fourth-order valence-corrected chi connectivity index (χ4v) is 13.9. The molecule has 4 saturated heterocycles. The molecule has 0 aromatic heterocycles. The summed E-state index contributed by atoms with van der Waals surface area (Å²) in [5, 5.41) is 151. The molecular weight excluding hydrogens is 953 g/mol. The maximum atomic E-state index is 12.2. The first-order valence-corrected chi connectivity index (χ1v) is 26.0. The summed E-state index contributed by atoms with van der Waals surface area (Å²) in [6.45, 7) is 6.02. The molecule has 4 aliphatic heterocycles. The van der Waals surface area contributed by atoms with E-state index in [1.54, 1.807) is 0 Å². The Morgan fingerprint density at radius 1 is 0.639 bits per heavy atom. The number of rotatable bonds is 16. The fourth-order valence-electron chi connectivity index (χ4n) is 13.9. The molecule has 22 heteroatoms. The van der Waals surface area contributed by atoms with Crippen molar-refractivity contribution in [2.24, 2.45) is 46.3 Å². The van der Waals surface area contributed by atoms with Gasteiger partial charge in [0, 0.05) is 12.5 Å². The van der Waals surface area contributed by atoms with Gasteiger partial charge in [-0.05, 0) is 91.8 Å². The van der Waals surface area contributed by atoms with Gasteiger partial charge < -0.3 is 109 Å². The molecule has 72 heavy (non-hydrogen) atoms. The van der Waals surface area contributed by atoms with Crippen LogP contribution >= 0.6 is 0 Å². The van der Waals surface area contributed by atoms with Gasteiger partial charge in [-0.2, -0.15) is 0 Å². The van der Waals surface area contributed by atoms with Crippen LogP contribution < -0.4 is 0 Å². The van der Waals surface area contributed by atoms with E-state index in [1.807, 2.05) is 0 Å². The van der Waals surface area contributed by atoms with E-state index in [9.17, 15) is 71.5 Å². The monoisotopic (exact) mass is 1030 g/mol. The van der Waals surface area contributed by atoms with Crippen molar-refractivity contribution < 1.29 is 109 Å². The summed E-state index contributed by atoms with van der Waals surface area (Å²) in [6, 6.07) is 0. The van der Waals surface area contributed by atoms with Crippen molar-refractivity contribution in [1.29, 1.82) is 0 Å². The highest BCUT2D eigenvalue weighted by Crippen LogP contribution is 2.67. The molecule has 0 radical (unpaired) electrons. The highest BCUT2D eigenvalue weighted by Gasteiger charge is 2.63. The zero-order valence-electron chi connectivity index (χ0n) is 41.5. The van der Waals surface area contributed by atoms with E-state index in [4.69, 9.17) is 37.9 Å². The van der Waals surface area contributed by atoms with Crippen LogP contribution in [0.3, 0.4) is 0 Å². The molecule has 0 spiro atoms. The Balaban J connectivity index is 1.00. The Morgan fingerprint density at radius 3 is 1.81 bits per heavy atom. The molecule has 0 aromatic carbocycles. The number of ether oxygens (including phenoxy) is 8. The molecule has 4 heterocycles. The minimum absolute atomic E-state index is 0.0330. The van der Waals surface area contributed by atoms with Gasteiger partial charge in [0.05, 0.1) is 38.6 Å². The summed E-state index contributed by atoms with van der Waals surface area (Å²) in [6.07, 6.45) is -20.9. The molecular formula is C50H82O22. The maximum Gasteiger partial charge on any atom is 0.187 e. The van der Waals surface area contributed by atoms with Crippen LogP contribution in [0, 0.1) is 46.3 Å². The van der Waals surface area contributed by atoms with Gasteiger partial charge in [0.2, 0.25) is 0 Å². The zero-order chi connectivity index (χ0) is 52.1. The van der Waals surface area contributed by atoms with Crippen molar-refractivity contribution in [3.05, 3.63) is 23.8 Å². The van der Waals surface area contributed by atoms with Gasteiger partial charge in [0.25, 0.3) is 0 Å². The zero-order valence-corrected chi connectivity index (χ0v) is 41.5. The van der Waals surface area contributed by atoms with E-state index in [1.165, 1.54) is 5.57 Å². The number of aliphatic hydroxyl groups is 14. The van der Waals surface area contributed by atoms with Crippen molar-refractivity contribution in [3.63, 3.8) is 0 Å². The Morgan fingerprint density at radius 2 is 1.21 bits per heavy atom. The molecule has 0 unspecified atom stereocenters. The first kappa shape index (κ1) is 56.8. The van der Waals surface area contributed by atoms with E-state index in [0.29, 0.717) is 25.2 Å². The lowest BCUT2D eigenvalue weighted by Crippen LogP contribution is -2.67. The van der Waals surface area contributed by atoms with Crippen LogP contribution in [0.25, 0.3) is 0 Å². The predicted molar refractivity (Wildman–Crippen MR) is 246 cm³/mol. The van der Waals surface area contributed by atoms with Gasteiger partial charge in [-0.15, -0.1) is 0 Å². The number of allylic oxidation sites excluding steroid dienone is 2. The number of aliphatic hydroxyl groups excluding tert-OH is 14. The van der Waals surface area contributed by atoms with Crippen LogP contribution in [0.5, 0.6) is 0 Å². The van der Waals surface area contributed by atoms with Crippen molar-refractivity contribution in [2.45, 2.75) is 208 Å². The molecule has 414 valence electrons. The third-order valence-corrected chi connectivity index (χ3v) is 17.9. The summed E-state index contributed by atoms with van der Waals surface area (Å²) < 4.78 is 47.6. The summed E-state index contributed by atoms with van der Waals surface area (Å²) in [5.74, 6) is 1.22. The van der Waals surface area contributed by atoms with Gasteiger partial charge in [0.15, 0.2) is 25.2 Å². The summed E-state index contributed by atoms with van der Waals surface area (Å²) in [7, 11) is 0. The molecule has 0 aromatic rings. The summed E-state index contributed by atoms with van der Waals surface area (Å²) in [5.41, 5.74) is 0.842. The van der Waals surface area contributed by atoms with Crippen LogP contribution in [0.1, 0.15) is 79.1 Å². The molecule has 4 aliphatic carbocycles. The van der Waals surface area contributed by atoms with Gasteiger partial charge in [0.1, 0.15) is 91.6 Å². The van der Waals surface area contributed by atoms with Crippen LogP contribution in [-0.4, -0.2) is 233 Å². The molecule has 0 bridgehead atoms. The molecule has 22 nitrogen and oxygen atoms in total. The normalized spacial score (nSPS) is 51.4. The van der Waals surface area contributed by atoms with E-state index >= 15 is 0 Å². The molecule has 3 saturated carbocycles. The standard InChI is InChI=1S/C50H82O22/c1-21(2)6-5-7-22(16-51)27-15-28(55)33-25-9-8-23-14-24(10-12-49(23,3)26(25)11-13-50(27,33)4)66-48-41(64)44(43(32(19-54)69-48)71-47-39(62)37(60)35(58)31(18-53)68-47)72-45-40(63)42(29(56)20-65-45)70-46-38(61)36(59)34(57)30(17-52)67-46/h5,7-8,21-22,24-48,51-64H,6,9-20H2,1-4H3/b7-5+/t22-,24+,25-,26+,27-,28+,29-,30-,31-,32-,33-,34+,35+,36+,37+,38-,39-,40+,41-,42-,43-,44-,45+,46+,47+,48-,49+,50-/m1/s1. The van der Waals surface area contributed by atoms with E-state index in [-0.39, 0.29) is 47.0 Å². The average Bonchev–Trinajstić information content (AvgIpc) is 3.63. The van der Waals surface area contributed by atoms with Crippen molar-refractivity contribution in [3.8, 4) is 0 Å². The Labute approximate surface area is 419 Å². The summed E-state index contributed by atoms with van der Waals surface area (Å²) >= 11 is 0. The first-order chi connectivity index (χ1) is 34.2. The fraction of sp³-hybridized carbons (Fsp3) is 0.920. The molecule has 7 fully saturated rings. The largest absolute Gasteiger partial charge is 0.396 e. The third-order valence-electron chi connectivity index (χ3n) is 17.9. The smallest absolute Gasteiger partial charge is 0.187 e. The van der Waals surface area contributed by atoms with Crippen molar-refractivity contribution in [2.75, 3.05) is 33.0 Å². The van der Waals surface area contributed by atoms with Crippen LogP contribution in [-0.2, 0) is 37.9 Å². The van der Waals surface area contributed by atoms with Crippen molar-refractivity contribution in [1.82, 2.24) is 0 Å². The molecule has 8 rings (SSSR count). The highest BCUT2D eigenvalue weighted by molar-refractivity contribution is 5.26. The van der Waals surface area contributed by atoms with Gasteiger partial charge in [-0.25, -0.2) is 0 Å². The van der Waals surface area contributed by atoms with Gasteiger partial charge in [-0.1, -0.05) is 51.5 Å². The number of hydrogen-bond donors (Lipinski definition) is 14. The maximum absolute atomic E-state index is 12.2. The van der Waals surface area contributed by atoms with Crippen LogP contribution in [0.15, 0.2) is 23.8 Å². The minimum Gasteiger partial charge on any atom is -0.396 e. The minimum atomic E-state index is -1.95. The molecule has 8 aliphatic rings. The molecule has 0 amide bonds. The highest BCUT2D eigenvalue weighted by atomic mass is 16.8. The SMILES string of the molecule is CC(C)C/C=C/[C@H](CO)[C@H]1C[C@H](O)[C@H]2[C@@H]3CC=C4C[C@@H](O[C@@H]5O[C@H](CO)[C@@H](O[C@@H]6O[C@H](CO)[C@H](O)[C@H](O)[C@H]6O)[C@H](O[C@@H]6OC[C@@H](O)[C@@H](O[C@@H]7O[C@H](CO)[C@H](O)[C@H](O)[C@H]7O)[C@@H]6O)[C@H]5O)CC[C@]4(C)[C@H]3CC[C@@]21C. The second kappa shape index (κ2) is 23.3. The topological polar surface area (TPSA) is 357 Å². The van der Waals surface area contributed by atoms with E-state index in [2.05, 4.69) is 45.9 Å². The second-order valence-corrected chi connectivity index (χ2v) is 22.7. The lowest BCUT2D eigenvalue weighted by Gasteiger charge is -2.59. The van der Waals surface area contributed by atoms with E-state index < -0.39 is 155 Å². The quantitative estimate of drug-likeness (QED) is 0.0687. The molecule has 28 atom stereocenters. The number of fused-ring (bicyclic) bond motifs is 5. The Kier molecular flexibility index (Phi) is 18.4. The first-order valence-electron chi connectivity index (χ1n) is 26.0. The van der Waals surface area contributed by atoms with E-state index in [0.717, 1.165) is 32.1 Å². The van der Waals surface area contributed by atoms with Crippen LogP contribution in [0.4, 0.5) is 0 Å². The predicted octanol–water partition coefficient (Wildman–Crippen LogP) is -2.96. The van der Waals surface area contributed by atoms with Crippen LogP contribution in [0.2, 0.25) is 0 Å². The summed E-state index contributed by atoms with van der Waals surface area (Å²) in [4.78, 5) is 0. The van der Waals surface area contributed by atoms with Crippen molar-refractivity contribution >= 4 is 0 Å². The van der Waals surface area contributed by atoms with Gasteiger partial charge in [-0.3, -0.25) is 0 Å². The van der Waals surface area contributed by atoms with Gasteiger partial charge >= 0.3 is 0 Å². The third kappa shape index (κ3) is 10.8. The average molecular weight is 1040 g/mol. The lowest BCUT2D eigenvalue weighted by atomic mass is 9.46. The Bertz CT molecular complexity index is 1820. The number of hydrogen-bond acceptors (Lipinski definition) is 22.